The van der Waals surface area contributed by atoms with Gasteiger partial charge < -0.3 is 10.4 Å². The lowest BCUT2D eigenvalue weighted by molar-refractivity contribution is -0.137. The first-order valence-electron chi connectivity index (χ1n) is 7.66. The second-order valence-electron chi connectivity index (χ2n) is 5.69. The van der Waals surface area contributed by atoms with Gasteiger partial charge in [-0.1, -0.05) is 23.4 Å². The van der Waals surface area contributed by atoms with Crippen molar-refractivity contribution in [3.63, 3.8) is 0 Å². The number of thioether (sulfide) groups is 1. The Morgan fingerprint density at radius 1 is 1.24 bits per heavy atom. The van der Waals surface area contributed by atoms with E-state index in [0.717, 1.165) is 37.0 Å². The average molecular weight is 390 g/mol. The van der Waals surface area contributed by atoms with E-state index in [-0.39, 0.29) is 16.3 Å². The van der Waals surface area contributed by atoms with Crippen molar-refractivity contribution < 1.29 is 18.3 Å². The summed E-state index contributed by atoms with van der Waals surface area (Å²) in [6.07, 6.45) is -2.38. The van der Waals surface area contributed by atoms with E-state index < -0.39 is 17.5 Å². The van der Waals surface area contributed by atoms with Crippen LogP contribution in [0.4, 0.5) is 13.2 Å². The van der Waals surface area contributed by atoms with Gasteiger partial charge in [0.05, 0.1) is 21.8 Å². The highest BCUT2D eigenvalue weighted by atomic mass is 35.5. The summed E-state index contributed by atoms with van der Waals surface area (Å²) < 4.78 is 38.3. The first kappa shape index (κ1) is 18.3. The highest BCUT2D eigenvalue weighted by molar-refractivity contribution is 7.99. The zero-order valence-electron chi connectivity index (χ0n) is 13.0. The quantitative estimate of drug-likeness (QED) is 0.816. The molecule has 0 saturated carbocycles. The van der Waals surface area contributed by atoms with E-state index in [1.54, 1.807) is 23.9 Å². The Hall–Kier alpha value is -1.51. The van der Waals surface area contributed by atoms with E-state index in [9.17, 15) is 18.3 Å². The Bertz CT molecular complexity index is 726. The van der Waals surface area contributed by atoms with Crippen LogP contribution in [0.1, 0.15) is 18.4 Å². The van der Waals surface area contributed by atoms with Gasteiger partial charge in [-0.05, 0) is 43.7 Å². The van der Waals surface area contributed by atoms with Crippen LogP contribution in [-0.4, -0.2) is 33.6 Å². The van der Waals surface area contributed by atoms with E-state index in [0.29, 0.717) is 11.3 Å². The van der Waals surface area contributed by atoms with Crippen LogP contribution in [0.2, 0.25) is 5.02 Å². The molecule has 0 spiro atoms. The fourth-order valence-corrected chi connectivity index (χ4v) is 3.99. The summed E-state index contributed by atoms with van der Waals surface area (Å²) in [7, 11) is 0. The third-order valence-electron chi connectivity index (χ3n) is 3.83. The number of benzene rings is 1. The minimum Gasteiger partial charge on any atom is -0.507 e. The van der Waals surface area contributed by atoms with Gasteiger partial charge in [-0.15, -0.1) is 10.2 Å². The topological polar surface area (TPSA) is 58.0 Å². The fourth-order valence-electron chi connectivity index (χ4n) is 2.62. The van der Waals surface area contributed by atoms with Crippen molar-refractivity contribution in [1.29, 1.82) is 0 Å². The smallest absolute Gasteiger partial charge is 0.416 e. The molecule has 1 aromatic heterocycles. The van der Waals surface area contributed by atoms with Gasteiger partial charge in [0, 0.05) is 11.8 Å². The molecule has 2 aromatic rings. The third-order valence-corrected chi connectivity index (χ3v) is 5.33. The number of piperidine rings is 1. The Labute approximate surface area is 151 Å². The fraction of sp³-hybridized carbons (Fsp3) is 0.375. The zero-order chi connectivity index (χ0) is 18.0. The predicted molar refractivity (Wildman–Crippen MR) is 90.9 cm³/mol. The van der Waals surface area contributed by atoms with Crippen molar-refractivity contribution in [2.24, 2.45) is 0 Å². The highest BCUT2D eigenvalue weighted by Crippen LogP contribution is 2.41. The summed E-state index contributed by atoms with van der Waals surface area (Å²) in [6, 6.07) is 4.74. The maximum absolute atomic E-state index is 12.8. The van der Waals surface area contributed by atoms with Crippen molar-refractivity contribution in [3.05, 3.63) is 34.9 Å². The number of rotatable bonds is 3. The molecule has 0 radical (unpaired) electrons. The van der Waals surface area contributed by atoms with Crippen LogP contribution < -0.4 is 5.32 Å². The minimum atomic E-state index is -4.58. The Morgan fingerprint density at radius 2 is 2.04 bits per heavy atom. The van der Waals surface area contributed by atoms with Gasteiger partial charge in [0.25, 0.3) is 0 Å². The first-order chi connectivity index (χ1) is 11.8. The second kappa shape index (κ2) is 7.39. The van der Waals surface area contributed by atoms with Crippen LogP contribution in [0, 0.1) is 0 Å². The monoisotopic (exact) mass is 389 g/mol. The average Bonchev–Trinajstić information content (AvgIpc) is 2.56. The van der Waals surface area contributed by atoms with Gasteiger partial charge in [0.15, 0.2) is 0 Å². The molecule has 134 valence electrons. The van der Waals surface area contributed by atoms with Crippen LogP contribution in [0.25, 0.3) is 11.3 Å². The lowest BCUT2D eigenvalue weighted by Crippen LogP contribution is -2.31. The number of aromatic nitrogens is 2. The van der Waals surface area contributed by atoms with Gasteiger partial charge in [0.1, 0.15) is 10.8 Å². The van der Waals surface area contributed by atoms with E-state index in [1.165, 1.54) is 0 Å². The second-order valence-corrected chi connectivity index (χ2v) is 7.42. The number of hydrogen-bond acceptors (Lipinski definition) is 5. The van der Waals surface area contributed by atoms with Crippen molar-refractivity contribution in [2.75, 3.05) is 13.1 Å². The van der Waals surface area contributed by atoms with Gasteiger partial charge in [-0.3, -0.25) is 0 Å². The number of alkyl halides is 3. The Balaban J connectivity index is 1.82. The molecule has 1 aromatic carbocycles. The van der Waals surface area contributed by atoms with Crippen molar-refractivity contribution in [1.82, 2.24) is 15.5 Å². The summed E-state index contributed by atoms with van der Waals surface area (Å²) in [6.45, 7) is 1.92. The van der Waals surface area contributed by atoms with Crippen molar-refractivity contribution >= 4 is 23.4 Å². The van der Waals surface area contributed by atoms with Crippen LogP contribution in [0.5, 0.6) is 5.75 Å². The molecule has 1 aliphatic rings. The molecule has 2 N–H and O–H groups in total. The van der Waals surface area contributed by atoms with Crippen molar-refractivity contribution in [3.8, 4) is 17.0 Å². The van der Waals surface area contributed by atoms with Gasteiger partial charge in [0.2, 0.25) is 0 Å². The molecule has 0 unspecified atom stereocenters. The minimum absolute atomic E-state index is 0.0399. The summed E-state index contributed by atoms with van der Waals surface area (Å²) in [5.74, 6) is -0.578. The summed E-state index contributed by atoms with van der Waals surface area (Å²) in [5.41, 5.74) is -0.746. The first-order valence-corrected chi connectivity index (χ1v) is 8.91. The lowest BCUT2D eigenvalue weighted by atomic mass is 10.1. The molecule has 0 amide bonds. The van der Waals surface area contributed by atoms with Crippen LogP contribution in [0.15, 0.2) is 29.3 Å². The van der Waals surface area contributed by atoms with E-state index in [2.05, 4.69) is 15.5 Å². The lowest BCUT2D eigenvalue weighted by Gasteiger charge is -2.21. The highest BCUT2D eigenvalue weighted by Gasteiger charge is 2.32. The summed E-state index contributed by atoms with van der Waals surface area (Å²) in [5, 5.41) is 22.3. The van der Waals surface area contributed by atoms with Crippen molar-refractivity contribution in [2.45, 2.75) is 29.3 Å². The van der Waals surface area contributed by atoms with Crippen LogP contribution in [-0.2, 0) is 6.18 Å². The number of hydrogen-bond donors (Lipinski definition) is 2. The number of nitrogens with zero attached hydrogens (tertiary/aromatic N) is 2. The molecule has 2 heterocycles. The number of nitrogens with one attached hydrogen (secondary N) is 1. The molecular weight excluding hydrogens is 375 g/mol. The number of phenols is 1. The molecule has 1 saturated heterocycles. The molecule has 9 heteroatoms. The number of phenolic OH excluding ortho intramolecular Hbond substituents is 1. The predicted octanol–water partition coefficient (Wildman–Crippen LogP) is 4.37. The zero-order valence-corrected chi connectivity index (χ0v) is 14.5. The van der Waals surface area contributed by atoms with E-state index in [4.69, 9.17) is 11.6 Å². The third kappa shape index (κ3) is 4.37. The van der Waals surface area contributed by atoms with Gasteiger partial charge in [-0.25, -0.2) is 0 Å². The molecule has 1 aliphatic heterocycles. The van der Waals surface area contributed by atoms with E-state index >= 15 is 0 Å². The maximum atomic E-state index is 12.8. The van der Waals surface area contributed by atoms with Crippen LogP contribution >= 0.6 is 23.4 Å². The number of halogens is 4. The summed E-state index contributed by atoms with van der Waals surface area (Å²) in [4.78, 5) is 0. The molecule has 1 atom stereocenters. The molecule has 1 fully saturated rings. The Kier molecular flexibility index (Phi) is 5.41. The number of aromatic hydroxyl groups is 1. The molecule has 3 rings (SSSR count). The SMILES string of the molecule is Oc1cc(C(F)(F)F)cc(Cl)c1-c1ccc(S[C@@H]2CCCNC2)nn1. The molecule has 0 aliphatic carbocycles. The van der Waals surface area contributed by atoms with Gasteiger partial charge in [-0.2, -0.15) is 13.2 Å². The van der Waals surface area contributed by atoms with Gasteiger partial charge >= 0.3 is 6.18 Å². The molecule has 0 bridgehead atoms. The maximum Gasteiger partial charge on any atom is 0.416 e. The largest absolute Gasteiger partial charge is 0.507 e. The standard InChI is InChI=1S/C16H15ClF3N3OS/c17-11-6-9(16(18,19)20)7-13(24)15(11)12-3-4-14(23-22-12)25-10-2-1-5-21-8-10/h3-4,6-7,10,21,24H,1-2,5,8H2/t10-/m1/s1. The molecule has 4 nitrogen and oxygen atoms in total. The Morgan fingerprint density at radius 3 is 2.60 bits per heavy atom. The summed E-state index contributed by atoms with van der Waals surface area (Å²) >= 11 is 7.53. The van der Waals surface area contributed by atoms with E-state index in [1.807, 2.05) is 0 Å². The molecular formula is C16H15ClF3N3OS. The van der Waals surface area contributed by atoms with Crippen LogP contribution in [0.3, 0.4) is 0 Å². The molecule has 25 heavy (non-hydrogen) atoms. The normalized spacial score (nSPS) is 18.3.